The van der Waals surface area contributed by atoms with E-state index in [2.05, 4.69) is 41.7 Å². The van der Waals surface area contributed by atoms with Gasteiger partial charge in [-0.1, -0.05) is 34.6 Å². The molecule has 0 spiro atoms. The molecule has 2 heterocycles. The number of aliphatic hydroxyl groups is 1. The molecule has 2 amide bonds. The number of benzene rings is 2. The zero-order valence-electron chi connectivity index (χ0n) is 23.7. The van der Waals surface area contributed by atoms with E-state index in [1.165, 1.54) is 0 Å². The van der Waals surface area contributed by atoms with Crippen molar-refractivity contribution in [1.82, 2.24) is 14.8 Å². The number of carbonyl (C=O) groups is 1. The van der Waals surface area contributed by atoms with E-state index in [1.54, 1.807) is 53.5 Å². The highest BCUT2D eigenvalue weighted by Crippen LogP contribution is 2.28. The summed E-state index contributed by atoms with van der Waals surface area (Å²) in [7, 11) is 0. The van der Waals surface area contributed by atoms with Gasteiger partial charge in [0.15, 0.2) is 0 Å². The predicted octanol–water partition coefficient (Wildman–Crippen LogP) is 6.82. The molecule has 0 radical (unpaired) electrons. The topological polar surface area (TPSA) is 113 Å². The van der Waals surface area contributed by atoms with Crippen molar-refractivity contribution in [1.29, 1.82) is 0 Å². The second-order valence-corrected chi connectivity index (χ2v) is 11.5. The van der Waals surface area contributed by atoms with Gasteiger partial charge in [0.25, 0.3) is 0 Å². The Morgan fingerprint density at radius 2 is 1.50 bits per heavy atom. The minimum absolute atomic E-state index is 0.123. The lowest BCUT2D eigenvalue weighted by molar-refractivity contribution is 0.154. The molecular formula is C31H38N6O3. The van der Waals surface area contributed by atoms with Crippen LogP contribution in [0.15, 0.2) is 79.1 Å². The van der Waals surface area contributed by atoms with Crippen LogP contribution in [0.4, 0.5) is 22.0 Å². The van der Waals surface area contributed by atoms with Gasteiger partial charge >= 0.3 is 6.03 Å². The first kappa shape index (κ1) is 28.6. The lowest BCUT2D eigenvalue weighted by Gasteiger charge is -2.21. The van der Waals surface area contributed by atoms with Crippen LogP contribution in [0.5, 0.6) is 11.5 Å². The smallest absolute Gasteiger partial charge is 0.324 e. The predicted molar refractivity (Wildman–Crippen MR) is 160 cm³/mol. The van der Waals surface area contributed by atoms with E-state index in [0.29, 0.717) is 23.0 Å². The number of aromatic nitrogens is 3. The van der Waals surface area contributed by atoms with Gasteiger partial charge < -0.3 is 20.5 Å². The summed E-state index contributed by atoms with van der Waals surface area (Å²) >= 11 is 0. The van der Waals surface area contributed by atoms with Crippen molar-refractivity contribution in [3.63, 3.8) is 0 Å². The molecule has 0 aliphatic carbocycles. The summed E-state index contributed by atoms with van der Waals surface area (Å²) in [6, 6.07) is 20.1. The Morgan fingerprint density at radius 3 is 2.12 bits per heavy atom. The Bertz CT molecular complexity index is 1390. The highest BCUT2D eigenvalue weighted by Gasteiger charge is 2.22. The van der Waals surface area contributed by atoms with Crippen LogP contribution in [-0.2, 0) is 5.41 Å². The van der Waals surface area contributed by atoms with Gasteiger partial charge in [-0.2, -0.15) is 5.10 Å². The molecule has 9 heteroatoms. The maximum atomic E-state index is 12.9. The van der Waals surface area contributed by atoms with Crippen molar-refractivity contribution in [3.05, 3.63) is 84.8 Å². The third-order valence-corrected chi connectivity index (χ3v) is 6.39. The van der Waals surface area contributed by atoms with Crippen LogP contribution in [0.25, 0.3) is 5.69 Å². The van der Waals surface area contributed by atoms with Gasteiger partial charge in [0.05, 0.1) is 11.4 Å². The normalized spacial score (nSPS) is 11.7. The molecule has 0 saturated carbocycles. The molecule has 0 fully saturated rings. The molecule has 9 nitrogen and oxygen atoms in total. The molecule has 0 saturated heterocycles. The quantitative estimate of drug-likeness (QED) is 0.175. The highest BCUT2D eigenvalue weighted by molar-refractivity contribution is 5.99. The van der Waals surface area contributed by atoms with Gasteiger partial charge in [-0.05, 0) is 72.5 Å². The molecular weight excluding hydrogens is 504 g/mol. The number of aliphatic hydroxyl groups excluding tert-OH is 1. The number of nitrogens with zero attached hydrogens (tertiary/aromatic N) is 3. The maximum absolute atomic E-state index is 12.9. The molecule has 210 valence electrons. The monoisotopic (exact) mass is 542 g/mol. The van der Waals surface area contributed by atoms with Gasteiger partial charge in [-0.15, -0.1) is 0 Å². The Kier molecular flexibility index (Phi) is 8.74. The summed E-state index contributed by atoms with van der Waals surface area (Å²) in [4.78, 5) is 16.9. The van der Waals surface area contributed by atoms with Crippen LogP contribution in [-0.4, -0.2) is 39.1 Å². The largest absolute Gasteiger partial charge is 0.457 e. The van der Waals surface area contributed by atoms with Crippen LogP contribution in [0.3, 0.4) is 0 Å². The Hall–Kier alpha value is -4.37. The van der Waals surface area contributed by atoms with E-state index < -0.39 is 0 Å². The maximum Gasteiger partial charge on any atom is 0.324 e. The van der Waals surface area contributed by atoms with E-state index in [-0.39, 0.29) is 23.5 Å². The number of urea groups is 1. The van der Waals surface area contributed by atoms with Crippen molar-refractivity contribution >= 4 is 23.2 Å². The van der Waals surface area contributed by atoms with Crippen molar-refractivity contribution < 1.29 is 14.6 Å². The number of amides is 2. The van der Waals surface area contributed by atoms with E-state index in [4.69, 9.17) is 9.84 Å². The number of rotatable bonds is 10. The second kappa shape index (κ2) is 12.2. The van der Waals surface area contributed by atoms with Crippen molar-refractivity contribution in [3.8, 4) is 17.2 Å². The van der Waals surface area contributed by atoms with E-state index >= 15 is 0 Å². The Labute approximate surface area is 235 Å². The average Bonchev–Trinajstić information content (AvgIpc) is 3.35. The van der Waals surface area contributed by atoms with Crippen LogP contribution in [0.2, 0.25) is 0 Å². The van der Waals surface area contributed by atoms with Crippen molar-refractivity contribution in [2.75, 3.05) is 29.1 Å². The molecule has 0 aliphatic rings. The van der Waals surface area contributed by atoms with Crippen molar-refractivity contribution in [2.24, 2.45) is 5.41 Å². The van der Waals surface area contributed by atoms with Crippen LogP contribution in [0, 0.1) is 5.41 Å². The van der Waals surface area contributed by atoms with Crippen LogP contribution >= 0.6 is 0 Å². The zero-order chi connectivity index (χ0) is 28.8. The van der Waals surface area contributed by atoms with E-state index in [1.807, 2.05) is 44.2 Å². The number of hydrogen-bond donors (Lipinski definition) is 4. The molecule has 2 aromatic heterocycles. The third-order valence-electron chi connectivity index (χ3n) is 6.39. The standard InChI is InChI=1S/C31H38N6O3/c1-30(2,3)27-20-28(37(36-27)24-10-6-22(7-11-24)33-19-16-31(4,5)21-38)35-29(39)34-23-8-12-25(13-9-23)40-26-14-17-32-18-15-26/h6-15,17-18,20,33,38H,16,19,21H2,1-5H3,(H2,34,35,39). The molecule has 4 aromatic rings. The first-order valence-electron chi connectivity index (χ1n) is 13.3. The number of ether oxygens (including phenoxy) is 1. The Morgan fingerprint density at radius 1 is 0.875 bits per heavy atom. The summed E-state index contributed by atoms with van der Waals surface area (Å²) < 4.78 is 7.53. The molecule has 40 heavy (non-hydrogen) atoms. The molecule has 0 aliphatic heterocycles. The number of nitrogens with one attached hydrogen (secondary N) is 3. The molecule has 4 rings (SSSR count). The van der Waals surface area contributed by atoms with Crippen molar-refractivity contribution in [2.45, 2.75) is 46.5 Å². The number of hydrogen-bond acceptors (Lipinski definition) is 6. The fourth-order valence-electron chi connectivity index (χ4n) is 3.81. The average molecular weight is 543 g/mol. The first-order chi connectivity index (χ1) is 19.0. The van der Waals surface area contributed by atoms with E-state index in [9.17, 15) is 9.90 Å². The minimum atomic E-state index is -0.380. The van der Waals surface area contributed by atoms with Gasteiger partial charge in [0, 0.05) is 48.4 Å². The summed E-state index contributed by atoms with van der Waals surface area (Å²) in [5.41, 5.74) is 2.95. The molecule has 4 N–H and O–H groups in total. The lowest BCUT2D eigenvalue weighted by Crippen LogP contribution is -2.21. The highest BCUT2D eigenvalue weighted by atomic mass is 16.5. The number of anilines is 3. The lowest BCUT2D eigenvalue weighted by atomic mass is 9.91. The molecule has 2 aromatic carbocycles. The third kappa shape index (κ3) is 7.83. The fraction of sp³-hybridized carbons (Fsp3) is 0.323. The first-order valence-corrected chi connectivity index (χ1v) is 13.3. The van der Waals surface area contributed by atoms with Gasteiger partial charge in [0.2, 0.25) is 0 Å². The van der Waals surface area contributed by atoms with E-state index in [0.717, 1.165) is 30.0 Å². The number of pyridine rings is 1. The summed E-state index contributed by atoms with van der Waals surface area (Å²) in [5, 5.41) is 23.5. The second-order valence-electron chi connectivity index (χ2n) is 11.5. The molecule has 0 unspecified atom stereocenters. The molecule has 0 bridgehead atoms. The Balaban J connectivity index is 1.44. The SMILES string of the molecule is CC(C)(CO)CCNc1ccc(-n2nc(C(C)(C)C)cc2NC(=O)Nc2ccc(Oc3ccncc3)cc2)cc1. The van der Waals surface area contributed by atoms with Gasteiger partial charge in [0.1, 0.15) is 17.3 Å². The van der Waals surface area contributed by atoms with Crippen LogP contribution < -0.4 is 20.7 Å². The summed E-state index contributed by atoms with van der Waals surface area (Å²) in [6.45, 7) is 11.2. The molecule has 0 atom stereocenters. The zero-order valence-corrected chi connectivity index (χ0v) is 23.7. The summed E-state index contributed by atoms with van der Waals surface area (Å²) in [6.07, 6.45) is 4.18. The minimum Gasteiger partial charge on any atom is -0.457 e. The summed E-state index contributed by atoms with van der Waals surface area (Å²) in [5.74, 6) is 1.90. The van der Waals surface area contributed by atoms with Crippen LogP contribution in [0.1, 0.15) is 46.7 Å². The van der Waals surface area contributed by atoms with Gasteiger partial charge in [-0.25, -0.2) is 9.48 Å². The number of carbonyl (C=O) groups excluding carboxylic acids is 1. The fourth-order valence-corrected chi connectivity index (χ4v) is 3.81. The van der Waals surface area contributed by atoms with Gasteiger partial charge in [-0.3, -0.25) is 10.3 Å².